The summed E-state index contributed by atoms with van der Waals surface area (Å²) >= 11 is 0. The van der Waals surface area contributed by atoms with E-state index in [1.165, 1.54) is 5.56 Å². The van der Waals surface area contributed by atoms with E-state index < -0.39 is 5.41 Å². The van der Waals surface area contributed by atoms with E-state index in [1.54, 1.807) is 0 Å². The number of piperidine rings is 1. The number of nitrogens with one attached hydrogen (secondary N) is 1. The standard InChI is InChI=1S/C26H33N3O3/c27-24(30)22-8-5-13-29(19-22)18-21-7-4-6-20(16-21)17-28-25(31)26(11-14-32-15-12-26)23-9-2-1-3-10-23/h1-4,6-7,9-10,16,22H,5,8,11-15,17-19H2,(H2,27,30)(H,28,31). The largest absolute Gasteiger partial charge is 0.381 e. The Kier molecular flexibility index (Phi) is 7.22. The molecule has 170 valence electrons. The van der Waals surface area contributed by atoms with Gasteiger partial charge >= 0.3 is 0 Å². The summed E-state index contributed by atoms with van der Waals surface area (Å²) in [5, 5.41) is 3.19. The van der Waals surface area contributed by atoms with E-state index in [9.17, 15) is 9.59 Å². The van der Waals surface area contributed by atoms with E-state index in [1.807, 2.05) is 42.5 Å². The molecule has 2 aromatic rings. The van der Waals surface area contributed by atoms with Crippen LogP contribution in [-0.4, -0.2) is 43.0 Å². The molecule has 0 spiro atoms. The summed E-state index contributed by atoms with van der Waals surface area (Å²) in [7, 11) is 0. The lowest BCUT2D eigenvalue weighted by Crippen LogP contribution is -2.47. The number of hydrogen-bond donors (Lipinski definition) is 2. The minimum atomic E-state index is -0.533. The average Bonchev–Trinajstić information content (AvgIpc) is 2.84. The Balaban J connectivity index is 1.40. The lowest BCUT2D eigenvalue weighted by molar-refractivity contribution is -0.130. The number of likely N-dealkylation sites (tertiary alicyclic amines) is 1. The summed E-state index contributed by atoms with van der Waals surface area (Å²) < 4.78 is 5.56. The van der Waals surface area contributed by atoms with Gasteiger partial charge in [0, 0.05) is 32.8 Å². The van der Waals surface area contributed by atoms with E-state index in [0.717, 1.165) is 43.6 Å². The molecule has 0 aliphatic carbocycles. The number of carbonyl (C=O) groups is 2. The second-order valence-electron chi connectivity index (χ2n) is 9.04. The molecule has 2 saturated heterocycles. The molecule has 6 nitrogen and oxygen atoms in total. The molecule has 6 heteroatoms. The Morgan fingerprint density at radius 2 is 1.81 bits per heavy atom. The number of primary amides is 1. The molecule has 2 aliphatic rings. The van der Waals surface area contributed by atoms with Gasteiger partial charge in [-0.15, -0.1) is 0 Å². The van der Waals surface area contributed by atoms with Crippen molar-refractivity contribution in [3.05, 3.63) is 71.3 Å². The van der Waals surface area contributed by atoms with Crippen LogP contribution in [0.2, 0.25) is 0 Å². The second kappa shape index (κ2) is 10.3. The highest BCUT2D eigenvalue weighted by Gasteiger charge is 2.41. The van der Waals surface area contributed by atoms with Gasteiger partial charge in [0.1, 0.15) is 0 Å². The van der Waals surface area contributed by atoms with Crippen molar-refractivity contribution < 1.29 is 14.3 Å². The highest BCUT2D eigenvalue weighted by molar-refractivity contribution is 5.88. The molecule has 2 heterocycles. The van der Waals surface area contributed by atoms with Gasteiger partial charge in [-0.3, -0.25) is 14.5 Å². The molecule has 32 heavy (non-hydrogen) atoms. The summed E-state index contributed by atoms with van der Waals surface area (Å²) in [6.07, 6.45) is 3.26. The first-order valence-electron chi connectivity index (χ1n) is 11.6. The fraction of sp³-hybridized carbons (Fsp3) is 0.462. The number of ether oxygens (including phenoxy) is 1. The molecular weight excluding hydrogens is 402 g/mol. The first kappa shape index (κ1) is 22.5. The topological polar surface area (TPSA) is 84.7 Å². The minimum absolute atomic E-state index is 0.0557. The maximum Gasteiger partial charge on any atom is 0.231 e. The molecule has 2 aliphatic heterocycles. The molecule has 0 saturated carbocycles. The number of benzene rings is 2. The molecule has 0 radical (unpaired) electrons. The monoisotopic (exact) mass is 435 g/mol. The predicted octanol–water partition coefficient (Wildman–Crippen LogP) is 2.75. The molecule has 1 unspecified atom stereocenters. The van der Waals surface area contributed by atoms with Crippen molar-refractivity contribution in [2.24, 2.45) is 11.7 Å². The van der Waals surface area contributed by atoms with E-state index in [-0.39, 0.29) is 17.7 Å². The fourth-order valence-corrected chi connectivity index (χ4v) is 5.00. The van der Waals surface area contributed by atoms with E-state index in [0.29, 0.717) is 32.6 Å². The summed E-state index contributed by atoms with van der Waals surface area (Å²) in [5.74, 6) is -0.191. The number of hydrogen-bond acceptors (Lipinski definition) is 4. The van der Waals surface area contributed by atoms with Crippen LogP contribution in [0.3, 0.4) is 0 Å². The van der Waals surface area contributed by atoms with Crippen LogP contribution in [0, 0.1) is 5.92 Å². The lowest BCUT2D eigenvalue weighted by Gasteiger charge is -2.36. The number of rotatable bonds is 7. The Bertz CT molecular complexity index is 925. The van der Waals surface area contributed by atoms with Gasteiger partial charge in [0.2, 0.25) is 11.8 Å². The van der Waals surface area contributed by atoms with Crippen molar-refractivity contribution in [1.29, 1.82) is 0 Å². The zero-order chi connectivity index (χ0) is 22.4. The fourth-order valence-electron chi connectivity index (χ4n) is 5.00. The molecule has 3 N–H and O–H groups in total. The number of nitrogens with two attached hydrogens (primary N) is 1. The molecule has 1 atom stereocenters. The third kappa shape index (κ3) is 5.19. The van der Waals surface area contributed by atoms with Crippen molar-refractivity contribution in [3.63, 3.8) is 0 Å². The summed E-state index contributed by atoms with van der Waals surface area (Å²) in [4.78, 5) is 27.2. The summed E-state index contributed by atoms with van der Waals surface area (Å²) in [6, 6.07) is 18.4. The second-order valence-corrected chi connectivity index (χ2v) is 9.04. The normalized spacial score (nSPS) is 21.1. The lowest BCUT2D eigenvalue weighted by atomic mass is 9.73. The number of amides is 2. The van der Waals surface area contributed by atoms with Crippen LogP contribution in [0.15, 0.2) is 54.6 Å². The van der Waals surface area contributed by atoms with Gasteiger partial charge < -0.3 is 15.8 Å². The third-order valence-electron chi connectivity index (χ3n) is 6.87. The van der Waals surface area contributed by atoms with Gasteiger partial charge in [-0.1, -0.05) is 54.6 Å². The predicted molar refractivity (Wildman–Crippen MR) is 124 cm³/mol. The first-order valence-corrected chi connectivity index (χ1v) is 11.6. The molecule has 2 fully saturated rings. The average molecular weight is 436 g/mol. The smallest absolute Gasteiger partial charge is 0.231 e. The Labute approximate surface area is 190 Å². The van der Waals surface area contributed by atoms with Crippen LogP contribution < -0.4 is 11.1 Å². The van der Waals surface area contributed by atoms with Gasteiger partial charge in [-0.25, -0.2) is 0 Å². The van der Waals surface area contributed by atoms with Crippen molar-refractivity contribution in [2.75, 3.05) is 26.3 Å². The Morgan fingerprint density at radius 3 is 2.56 bits per heavy atom. The van der Waals surface area contributed by atoms with Gasteiger partial charge in [0.05, 0.1) is 11.3 Å². The molecule has 4 rings (SSSR count). The molecule has 2 aromatic carbocycles. The van der Waals surface area contributed by atoms with E-state index >= 15 is 0 Å². The summed E-state index contributed by atoms with van der Waals surface area (Å²) in [6.45, 7) is 4.17. The first-order chi connectivity index (χ1) is 15.6. The minimum Gasteiger partial charge on any atom is -0.381 e. The van der Waals surface area contributed by atoms with Gasteiger partial charge in [-0.2, -0.15) is 0 Å². The maximum absolute atomic E-state index is 13.4. The highest BCUT2D eigenvalue weighted by Crippen LogP contribution is 2.35. The molecule has 2 amide bonds. The van der Waals surface area contributed by atoms with Crippen LogP contribution in [0.5, 0.6) is 0 Å². The highest BCUT2D eigenvalue weighted by atomic mass is 16.5. The molecule has 0 aromatic heterocycles. The molecule has 0 bridgehead atoms. The van der Waals surface area contributed by atoms with Crippen LogP contribution in [0.4, 0.5) is 0 Å². The quantitative estimate of drug-likeness (QED) is 0.700. The van der Waals surface area contributed by atoms with Crippen molar-refractivity contribution >= 4 is 11.8 Å². The van der Waals surface area contributed by atoms with E-state index in [2.05, 4.69) is 22.3 Å². The summed E-state index contributed by atoms with van der Waals surface area (Å²) in [5.41, 5.74) is 8.31. The zero-order valence-corrected chi connectivity index (χ0v) is 18.6. The van der Waals surface area contributed by atoms with Gasteiger partial charge in [0.15, 0.2) is 0 Å². The van der Waals surface area contributed by atoms with Gasteiger partial charge in [-0.05, 0) is 48.9 Å². The van der Waals surface area contributed by atoms with E-state index in [4.69, 9.17) is 10.5 Å². The van der Waals surface area contributed by atoms with Crippen molar-refractivity contribution in [1.82, 2.24) is 10.2 Å². The van der Waals surface area contributed by atoms with Crippen molar-refractivity contribution in [3.8, 4) is 0 Å². The van der Waals surface area contributed by atoms with Crippen LogP contribution >= 0.6 is 0 Å². The maximum atomic E-state index is 13.4. The van der Waals surface area contributed by atoms with Crippen molar-refractivity contribution in [2.45, 2.75) is 44.2 Å². The van der Waals surface area contributed by atoms with Crippen LogP contribution in [0.25, 0.3) is 0 Å². The number of carbonyl (C=O) groups excluding carboxylic acids is 2. The molecular formula is C26H33N3O3. The SMILES string of the molecule is NC(=O)C1CCCN(Cc2cccc(CNC(=O)C3(c4ccccc4)CCOCC3)c2)C1. The van der Waals surface area contributed by atoms with Gasteiger partial charge in [0.25, 0.3) is 0 Å². The number of nitrogens with zero attached hydrogens (tertiary/aromatic N) is 1. The Morgan fingerprint density at radius 1 is 1.06 bits per heavy atom. The van der Waals surface area contributed by atoms with Crippen LogP contribution in [0.1, 0.15) is 42.4 Å². The Hall–Kier alpha value is -2.70. The van der Waals surface area contributed by atoms with Crippen LogP contribution in [-0.2, 0) is 32.8 Å². The zero-order valence-electron chi connectivity index (χ0n) is 18.6. The third-order valence-corrected chi connectivity index (χ3v) is 6.87.